The molecule has 2 heterocycles. The fourth-order valence-electron chi connectivity index (χ4n) is 1.98. The van der Waals surface area contributed by atoms with E-state index < -0.39 is 0 Å². The normalized spacial score (nSPS) is 15.9. The van der Waals surface area contributed by atoms with Crippen molar-refractivity contribution in [2.45, 2.75) is 12.8 Å². The highest BCUT2D eigenvalue weighted by molar-refractivity contribution is 6.30. The highest BCUT2D eigenvalue weighted by Crippen LogP contribution is 2.28. The molecule has 1 aromatic carbocycles. The molecule has 3 nitrogen and oxygen atoms in total. The quantitative estimate of drug-likeness (QED) is 0.888. The monoisotopic (exact) mass is 248 g/mol. The lowest BCUT2D eigenvalue weighted by atomic mass is 9.98. The van der Waals surface area contributed by atoms with Crippen molar-refractivity contribution in [3.8, 4) is 11.5 Å². The Morgan fingerprint density at radius 2 is 2.00 bits per heavy atom. The number of benzene rings is 1. The summed E-state index contributed by atoms with van der Waals surface area (Å²) in [7, 11) is 0. The van der Waals surface area contributed by atoms with Gasteiger partial charge in [0.1, 0.15) is 5.76 Å². The molecule has 1 fully saturated rings. The number of oxazole rings is 1. The van der Waals surface area contributed by atoms with Crippen LogP contribution in [0.5, 0.6) is 0 Å². The average Bonchev–Trinajstić information content (AvgIpc) is 2.60. The summed E-state index contributed by atoms with van der Waals surface area (Å²) in [6.07, 6.45) is 0. The molecule has 0 amide bonds. The summed E-state index contributed by atoms with van der Waals surface area (Å²) in [4.78, 5) is 4.58. The Morgan fingerprint density at radius 3 is 2.59 bits per heavy atom. The molecule has 4 heteroatoms. The van der Waals surface area contributed by atoms with Crippen LogP contribution in [0.2, 0.25) is 5.02 Å². The fraction of sp³-hybridized carbons (Fsp3) is 0.308. The molecule has 0 unspecified atom stereocenters. The minimum absolute atomic E-state index is 0.500. The van der Waals surface area contributed by atoms with Gasteiger partial charge in [-0.2, -0.15) is 0 Å². The van der Waals surface area contributed by atoms with E-state index in [2.05, 4.69) is 10.3 Å². The number of nitrogens with one attached hydrogen (secondary N) is 1. The summed E-state index contributed by atoms with van der Waals surface area (Å²) >= 11 is 5.86. The molecule has 2 aromatic rings. The van der Waals surface area contributed by atoms with E-state index in [4.69, 9.17) is 16.0 Å². The Kier molecular flexibility index (Phi) is 2.65. The van der Waals surface area contributed by atoms with Gasteiger partial charge in [0.15, 0.2) is 0 Å². The maximum Gasteiger partial charge on any atom is 0.226 e. The lowest BCUT2D eigenvalue weighted by molar-refractivity contribution is 0.433. The zero-order valence-electron chi connectivity index (χ0n) is 9.53. The van der Waals surface area contributed by atoms with Gasteiger partial charge in [0.25, 0.3) is 0 Å². The van der Waals surface area contributed by atoms with E-state index in [0.29, 0.717) is 11.8 Å². The number of hydrogen-bond acceptors (Lipinski definition) is 3. The van der Waals surface area contributed by atoms with Crippen LogP contribution < -0.4 is 5.32 Å². The summed E-state index contributed by atoms with van der Waals surface area (Å²) in [5.41, 5.74) is 2.05. The molecule has 1 aromatic heterocycles. The van der Waals surface area contributed by atoms with Gasteiger partial charge < -0.3 is 9.73 Å². The van der Waals surface area contributed by atoms with Crippen molar-refractivity contribution in [2.24, 2.45) is 0 Å². The number of aryl methyl sites for hydroxylation is 1. The van der Waals surface area contributed by atoms with Crippen LogP contribution in [0, 0.1) is 6.92 Å². The molecular weight excluding hydrogens is 236 g/mol. The minimum atomic E-state index is 0.500. The first kappa shape index (κ1) is 10.8. The summed E-state index contributed by atoms with van der Waals surface area (Å²) in [5.74, 6) is 2.10. The molecule has 0 atom stereocenters. The van der Waals surface area contributed by atoms with E-state index >= 15 is 0 Å². The maximum atomic E-state index is 5.86. The van der Waals surface area contributed by atoms with Gasteiger partial charge in [0.05, 0.1) is 5.69 Å². The summed E-state index contributed by atoms with van der Waals surface area (Å²) in [6.45, 7) is 3.96. The van der Waals surface area contributed by atoms with Crippen LogP contribution in [0.15, 0.2) is 28.7 Å². The van der Waals surface area contributed by atoms with Gasteiger partial charge in [-0.15, -0.1) is 0 Å². The Labute approximate surface area is 105 Å². The first-order chi connectivity index (χ1) is 8.24. The molecule has 1 aliphatic rings. The van der Waals surface area contributed by atoms with Gasteiger partial charge in [0.2, 0.25) is 5.89 Å². The fourth-order valence-corrected chi connectivity index (χ4v) is 2.11. The van der Waals surface area contributed by atoms with Crippen molar-refractivity contribution >= 4 is 11.6 Å². The van der Waals surface area contributed by atoms with E-state index in [1.807, 2.05) is 31.2 Å². The Morgan fingerprint density at radius 1 is 1.29 bits per heavy atom. The van der Waals surface area contributed by atoms with E-state index in [-0.39, 0.29) is 0 Å². The third-order valence-electron chi connectivity index (χ3n) is 3.09. The molecule has 0 spiro atoms. The van der Waals surface area contributed by atoms with Crippen LogP contribution in [0.1, 0.15) is 17.4 Å². The molecular formula is C13H13ClN2O. The number of nitrogens with zero attached hydrogens (tertiary/aromatic N) is 1. The Bertz CT molecular complexity index is 529. The van der Waals surface area contributed by atoms with Crippen molar-refractivity contribution in [3.05, 3.63) is 40.7 Å². The number of halogens is 1. The van der Waals surface area contributed by atoms with E-state index in [1.54, 1.807) is 0 Å². The molecule has 0 aliphatic carbocycles. The second-order valence-corrected chi connectivity index (χ2v) is 4.76. The third-order valence-corrected chi connectivity index (χ3v) is 3.34. The molecule has 0 saturated carbocycles. The first-order valence-corrected chi connectivity index (χ1v) is 6.06. The second kappa shape index (κ2) is 4.17. The van der Waals surface area contributed by atoms with Gasteiger partial charge >= 0.3 is 0 Å². The summed E-state index contributed by atoms with van der Waals surface area (Å²) < 4.78 is 5.72. The van der Waals surface area contributed by atoms with Gasteiger partial charge in [-0.05, 0) is 31.2 Å². The first-order valence-electron chi connectivity index (χ1n) is 5.68. The number of hydrogen-bond donors (Lipinski definition) is 1. The Balaban J connectivity index is 1.95. The summed E-state index contributed by atoms with van der Waals surface area (Å²) in [5, 5.41) is 3.97. The van der Waals surface area contributed by atoms with Gasteiger partial charge in [0, 0.05) is 29.6 Å². The minimum Gasteiger partial charge on any atom is -0.441 e. The predicted molar refractivity (Wildman–Crippen MR) is 67.3 cm³/mol. The zero-order chi connectivity index (χ0) is 11.8. The lowest BCUT2D eigenvalue weighted by Gasteiger charge is -2.25. The van der Waals surface area contributed by atoms with Crippen LogP contribution in [-0.2, 0) is 0 Å². The third kappa shape index (κ3) is 1.96. The molecule has 1 N–H and O–H groups in total. The van der Waals surface area contributed by atoms with Gasteiger partial charge in [-0.3, -0.25) is 0 Å². The van der Waals surface area contributed by atoms with Crippen LogP contribution in [0.25, 0.3) is 11.5 Å². The molecule has 88 valence electrons. The molecule has 1 saturated heterocycles. The zero-order valence-corrected chi connectivity index (χ0v) is 10.3. The van der Waals surface area contributed by atoms with Gasteiger partial charge in [-0.25, -0.2) is 4.98 Å². The van der Waals surface area contributed by atoms with Crippen LogP contribution in [0.4, 0.5) is 0 Å². The highest BCUT2D eigenvalue weighted by Gasteiger charge is 2.25. The van der Waals surface area contributed by atoms with Crippen molar-refractivity contribution < 1.29 is 4.42 Å². The average molecular weight is 249 g/mol. The summed E-state index contributed by atoms with van der Waals surface area (Å²) in [6, 6.07) is 7.55. The standard InChI is InChI=1S/C13H13ClN2O/c1-8-12(10-6-15-7-10)16-13(17-8)9-2-4-11(14)5-3-9/h2-5,10,15H,6-7H2,1H3. The Hall–Kier alpha value is -1.32. The van der Waals surface area contributed by atoms with Crippen LogP contribution in [0.3, 0.4) is 0 Å². The van der Waals surface area contributed by atoms with Gasteiger partial charge in [-0.1, -0.05) is 11.6 Å². The van der Waals surface area contributed by atoms with Crippen LogP contribution in [-0.4, -0.2) is 18.1 Å². The van der Waals surface area contributed by atoms with Crippen molar-refractivity contribution in [1.29, 1.82) is 0 Å². The second-order valence-electron chi connectivity index (χ2n) is 4.32. The van der Waals surface area contributed by atoms with E-state index in [9.17, 15) is 0 Å². The maximum absolute atomic E-state index is 5.86. The predicted octanol–water partition coefficient (Wildman–Crippen LogP) is 2.99. The number of rotatable bonds is 2. The largest absolute Gasteiger partial charge is 0.441 e. The SMILES string of the molecule is Cc1oc(-c2ccc(Cl)cc2)nc1C1CNC1. The smallest absolute Gasteiger partial charge is 0.226 e. The van der Waals surface area contributed by atoms with Crippen LogP contribution >= 0.6 is 11.6 Å². The molecule has 0 bridgehead atoms. The highest BCUT2D eigenvalue weighted by atomic mass is 35.5. The lowest BCUT2D eigenvalue weighted by Crippen LogP contribution is -2.40. The molecule has 3 rings (SSSR count). The topological polar surface area (TPSA) is 38.1 Å². The molecule has 1 aliphatic heterocycles. The number of aromatic nitrogens is 1. The van der Waals surface area contributed by atoms with Crippen molar-refractivity contribution in [2.75, 3.05) is 13.1 Å². The van der Waals surface area contributed by atoms with Crippen molar-refractivity contribution in [1.82, 2.24) is 10.3 Å². The van der Waals surface area contributed by atoms with E-state index in [1.165, 1.54) is 0 Å². The molecule has 0 radical (unpaired) electrons. The van der Waals surface area contributed by atoms with E-state index in [0.717, 1.165) is 35.1 Å². The van der Waals surface area contributed by atoms with Crippen molar-refractivity contribution in [3.63, 3.8) is 0 Å². The molecule has 17 heavy (non-hydrogen) atoms.